The number of rotatable bonds is 9. The smallest absolute Gasteiger partial charge is 0.253 e. The van der Waals surface area contributed by atoms with Gasteiger partial charge in [-0.2, -0.15) is 0 Å². The number of thiophene rings is 1. The number of anilines is 1. The molecule has 8 heteroatoms. The fourth-order valence-electron chi connectivity index (χ4n) is 1.54. The van der Waals surface area contributed by atoms with Crippen LogP contribution in [0.5, 0.6) is 0 Å². The molecule has 0 saturated heterocycles. The van der Waals surface area contributed by atoms with Gasteiger partial charge in [0, 0.05) is 11.3 Å². The van der Waals surface area contributed by atoms with Crippen LogP contribution >= 0.6 is 11.3 Å². The van der Waals surface area contributed by atoms with Crippen molar-refractivity contribution < 1.29 is 9.72 Å². The molecule has 0 saturated carbocycles. The molecule has 0 aromatic carbocycles. The number of hydrogen-bond acceptors (Lipinski definition) is 6. The van der Waals surface area contributed by atoms with Crippen LogP contribution < -0.4 is 5.32 Å². The molecule has 19 heavy (non-hydrogen) atoms. The molecule has 0 aliphatic rings. The van der Waals surface area contributed by atoms with E-state index in [0.29, 0.717) is 30.7 Å². The molecular weight excluding hydrogens is 270 g/mol. The molecule has 1 amide bonds. The van der Waals surface area contributed by atoms with Gasteiger partial charge in [-0.05, 0) is 30.4 Å². The Balaban J connectivity index is 2.26. The van der Waals surface area contributed by atoms with E-state index in [1.54, 1.807) is 12.1 Å². The van der Waals surface area contributed by atoms with Crippen LogP contribution in [0.15, 0.2) is 22.7 Å². The summed E-state index contributed by atoms with van der Waals surface area (Å²) in [7, 11) is 0. The van der Waals surface area contributed by atoms with Crippen molar-refractivity contribution in [3.05, 3.63) is 32.5 Å². The van der Waals surface area contributed by atoms with Gasteiger partial charge in [0.05, 0.1) is 5.00 Å². The van der Waals surface area contributed by atoms with E-state index in [2.05, 4.69) is 10.5 Å². The number of hydrogen-bond donors (Lipinski definition) is 1. The lowest BCUT2D eigenvalue weighted by Crippen LogP contribution is -2.25. The molecular formula is C11H15N3O4S. The maximum Gasteiger partial charge on any atom is 0.253 e. The van der Waals surface area contributed by atoms with Crippen molar-refractivity contribution in [2.45, 2.75) is 31.7 Å². The van der Waals surface area contributed by atoms with E-state index < -0.39 is 11.9 Å². The predicted octanol–water partition coefficient (Wildman–Crippen LogP) is 2.66. The highest BCUT2D eigenvalue weighted by atomic mass is 32.1. The molecule has 0 fully saturated rings. The van der Waals surface area contributed by atoms with Gasteiger partial charge in [0.2, 0.25) is 6.54 Å². The van der Waals surface area contributed by atoms with E-state index >= 15 is 0 Å². The summed E-state index contributed by atoms with van der Waals surface area (Å²) >= 11 is 1.36. The Morgan fingerprint density at radius 2 is 2.26 bits per heavy atom. The van der Waals surface area contributed by atoms with E-state index in [1.807, 2.05) is 5.38 Å². The van der Waals surface area contributed by atoms with E-state index in [1.165, 1.54) is 11.3 Å². The highest BCUT2D eigenvalue weighted by Gasteiger charge is 2.19. The first-order valence-corrected chi connectivity index (χ1v) is 6.80. The number of nitroso groups, excluding NO2 is 1. The van der Waals surface area contributed by atoms with Crippen LogP contribution in [0.1, 0.15) is 25.7 Å². The highest BCUT2D eigenvalue weighted by Crippen LogP contribution is 2.16. The SMILES string of the molecule is O=NC(CCCCC[N+](=O)[O-])C(=O)Nc1cccs1. The topological polar surface area (TPSA) is 102 Å². The third kappa shape index (κ3) is 6.05. The largest absolute Gasteiger partial charge is 0.316 e. The molecule has 1 N–H and O–H groups in total. The Bertz CT molecular complexity index is 422. The van der Waals surface area contributed by atoms with Gasteiger partial charge in [0.25, 0.3) is 5.91 Å². The molecule has 104 valence electrons. The van der Waals surface area contributed by atoms with Crippen LogP contribution in [-0.4, -0.2) is 23.4 Å². The molecule has 0 spiro atoms. The second-order valence-corrected chi connectivity index (χ2v) is 4.94. The lowest BCUT2D eigenvalue weighted by Gasteiger charge is -2.08. The minimum Gasteiger partial charge on any atom is -0.316 e. The Hall–Kier alpha value is -1.83. The molecule has 1 aromatic rings. The van der Waals surface area contributed by atoms with Crippen molar-refractivity contribution in [2.24, 2.45) is 5.18 Å². The zero-order chi connectivity index (χ0) is 14.1. The lowest BCUT2D eigenvalue weighted by atomic mass is 10.1. The summed E-state index contributed by atoms with van der Waals surface area (Å²) in [4.78, 5) is 32.1. The highest BCUT2D eigenvalue weighted by molar-refractivity contribution is 7.14. The van der Waals surface area contributed by atoms with E-state index in [4.69, 9.17) is 0 Å². The summed E-state index contributed by atoms with van der Waals surface area (Å²) in [6.07, 6.45) is 1.95. The Kier molecular flexibility index (Phi) is 6.65. The van der Waals surface area contributed by atoms with Crippen molar-refractivity contribution >= 4 is 22.2 Å². The molecule has 1 unspecified atom stereocenters. The van der Waals surface area contributed by atoms with Gasteiger partial charge in [-0.25, -0.2) is 0 Å². The third-order valence-corrected chi connectivity index (χ3v) is 3.30. The van der Waals surface area contributed by atoms with Crippen LogP contribution in [0, 0.1) is 15.0 Å². The molecule has 1 aromatic heterocycles. The summed E-state index contributed by atoms with van der Waals surface area (Å²) in [5.41, 5.74) is 0. The van der Waals surface area contributed by atoms with Crippen molar-refractivity contribution in [1.82, 2.24) is 0 Å². The van der Waals surface area contributed by atoms with Crippen molar-refractivity contribution in [3.63, 3.8) is 0 Å². The van der Waals surface area contributed by atoms with Gasteiger partial charge >= 0.3 is 0 Å². The lowest BCUT2D eigenvalue weighted by molar-refractivity contribution is -0.480. The Morgan fingerprint density at radius 3 is 2.84 bits per heavy atom. The number of nitrogens with one attached hydrogen (secondary N) is 1. The second-order valence-electron chi connectivity index (χ2n) is 3.99. The normalized spacial score (nSPS) is 11.8. The average Bonchev–Trinajstić information content (AvgIpc) is 2.86. The molecule has 0 aliphatic heterocycles. The first kappa shape index (κ1) is 15.2. The fraction of sp³-hybridized carbons (Fsp3) is 0.545. The number of carbonyl (C=O) groups is 1. The van der Waals surface area contributed by atoms with E-state index in [0.717, 1.165) is 0 Å². The Labute approximate surface area is 114 Å². The fourth-order valence-corrected chi connectivity index (χ4v) is 2.16. The summed E-state index contributed by atoms with van der Waals surface area (Å²) in [6.45, 7) is -0.0828. The Morgan fingerprint density at radius 1 is 1.47 bits per heavy atom. The minimum atomic E-state index is -0.933. The van der Waals surface area contributed by atoms with Gasteiger partial charge in [0.15, 0.2) is 6.04 Å². The molecule has 0 aliphatic carbocycles. The quantitative estimate of drug-likeness (QED) is 0.326. The summed E-state index contributed by atoms with van der Waals surface area (Å²) < 4.78 is 0. The van der Waals surface area contributed by atoms with Crippen LogP contribution in [0.4, 0.5) is 5.00 Å². The van der Waals surface area contributed by atoms with Gasteiger partial charge < -0.3 is 5.32 Å². The zero-order valence-corrected chi connectivity index (χ0v) is 11.1. The number of unbranched alkanes of at least 4 members (excludes halogenated alkanes) is 2. The molecule has 0 bridgehead atoms. The first-order chi connectivity index (χ1) is 9.13. The van der Waals surface area contributed by atoms with Crippen molar-refractivity contribution in [3.8, 4) is 0 Å². The summed E-state index contributed by atoms with van der Waals surface area (Å²) in [6, 6.07) is 2.60. The average molecular weight is 285 g/mol. The molecule has 1 atom stereocenters. The number of nitrogens with zero attached hydrogens (tertiary/aromatic N) is 2. The second kappa shape index (κ2) is 8.30. The van der Waals surface area contributed by atoms with Crippen LogP contribution in [0.25, 0.3) is 0 Å². The van der Waals surface area contributed by atoms with E-state index in [-0.39, 0.29) is 11.5 Å². The van der Waals surface area contributed by atoms with Crippen LogP contribution in [-0.2, 0) is 4.79 Å². The van der Waals surface area contributed by atoms with Gasteiger partial charge in [-0.3, -0.25) is 14.9 Å². The van der Waals surface area contributed by atoms with Crippen LogP contribution in [0.3, 0.4) is 0 Å². The summed E-state index contributed by atoms with van der Waals surface area (Å²) in [5.74, 6) is -0.424. The number of amides is 1. The number of nitro groups is 1. The first-order valence-electron chi connectivity index (χ1n) is 5.92. The van der Waals surface area contributed by atoms with Gasteiger partial charge in [-0.15, -0.1) is 16.2 Å². The van der Waals surface area contributed by atoms with Crippen molar-refractivity contribution in [1.29, 1.82) is 0 Å². The minimum absolute atomic E-state index is 0.0828. The standard InChI is InChI=1S/C11H15N3O4S/c15-11(12-10-6-4-8-19-10)9(13-16)5-2-1-3-7-14(17)18/h4,6,8-9H,1-3,5,7H2,(H,12,15). The molecule has 1 heterocycles. The van der Waals surface area contributed by atoms with Gasteiger partial charge in [0.1, 0.15) is 0 Å². The molecule has 7 nitrogen and oxygen atoms in total. The van der Waals surface area contributed by atoms with Crippen LogP contribution in [0.2, 0.25) is 0 Å². The molecule has 1 rings (SSSR count). The van der Waals surface area contributed by atoms with Crippen molar-refractivity contribution in [2.75, 3.05) is 11.9 Å². The maximum absolute atomic E-state index is 11.7. The van der Waals surface area contributed by atoms with E-state index in [9.17, 15) is 19.8 Å². The van der Waals surface area contributed by atoms with Gasteiger partial charge in [-0.1, -0.05) is 11.6 Å². The summed E-state index contributed by atoms with van der Waals surface area (Å²) in [5, 5.41) is 18.0. The zero-order valence-electron chi connectivity index (χ0n) is 10.3. The predicted molar refractivity (Wildman–Crippen MR) is 72.9 cm³/mol. The maximum atomic E-state index is 11.7. The monoisotopic (exact) mass is 285 g/mol. The number of carbonyl (C=O) groups excluding carboxylic acids is 1. The third-order valence-electron chi connectivity index (χ3n) is 2.52. The molecule has 0 radical (unpaired) electrons.